The number of aryl methyl sites for hydroxylation is 1. The molecule has 0 bridgehead atoms. The van der Waals surface area contributed by atoms with E-state index in [0.717, 1.165) is 0 Å². The van der Waals surface area contributed by atoms with Gasteiger partial charge in [-0.25, -0.2) is 8.42 Å². The van der Waals surface area contributed by atoms with Crippen molar-refractivity contribution in [1.29, 1.82) is 5.26 Å². The van der Waals surface area contributed by atoms with E-state index in [1.165, 1.54) is 10.9 Å². The highest BCUT2D eigenvalue weighted by molar-refractivity contribution is 7.92. The quantitative estimate of drug-likeness (QED) is 0.810. The van der Waals surface area contributed by atoms with Gasteiger partial charge in [0, 0.05) is 13.2 Å². The van der Waals surface area contributed by atoms with E-state index < -0.39 is 10.0 Å². The van der Waals surface area contributed by atoms with E-state index in [-0.39, 0.29) is 17.1 Å². The molecule has 0 aromatic carbocycles. The average Bonchev–Trinajstić information content (AvgIpc) is 2.44. The van der Waals surface area contributed by atoms with Crippen molar-refractivity contribution >= 4 is 15.8 Å². The lowest BCUT2D eigenvalue weighted by Crippen LogP contribution is -2.17. The molecule has 0 atom stereocenters. The zero-order valence-corrected chi connectivity index (χ0v) is 9.37. The molecule has 6 nitrogen and oxygen atoms in total. The van der Waals surface area contributed by atoms with Crippen LogP contribution in [0.1, 0.15) is 18.9 Å². The van der Waals surface area contributed by atoms with E-state index >= 15 is 0 Å². The molecule has 0 aliphatic heterocycles. The maximum atomic E-state index is 11.4. The summed E-state index contributed by atoms with van der Waals surface area (Å²) in [5.74, 6) is 0.113. The van der Waals surface area contributed by atoms with Crippen molar-refractivity contribution in [3.63, 3.8) is 0 Å². The number of nitriles is 1. The van der Waals surface area contributed by atoms with Gasteiger partial charge in [-0.3, -0.25) is 9.40 Å². The smallest absolute Gasteiger partial charge is 0.233 e. The fraction of sp³-hybridized carbons (Fsp3) is 0.500. The van der Waals surface area contributed by atoms with Gasteiger partial charge in [0.1, 0.15) is 11.6 Å². The Morgan fingerprint density at radius 1 is 1.67 bits per heavy atom. The first kappa shape index (κ1) is 11.5. The summed E-state index contributed by atoms with van der Waals surface area (Å²) < 4.78 is 26.5. The minimum atomic E-state index is -3.38. The molecule has 1 aromatic heterocycles. The summed E-state index contributed by atoms with van der Waals surface area (Å²) in [6, 6.07) is 1.87. The van der Waals surface area contributed by atoms with Gasteiger partial charge in [0.2, 0.25) is 10.0 Å². The highest BCUT2D eigenvalue weighted by Gasteiger charge is 2.14. The van der Waals surface area contributed by atoms with E-state index in [1.54, 1.807) is 14.0 Å². The number of hydrogen-bond donors (Lipinski definition) is 1. The number of nitrogens with one attached hydrogen (secondary N) is 1. The van der Waals surface area contributed by atoms with Crippen LogP contribution in [0.5, 0.6) is 0 Å². The Morgan fingerprint density at radius 3 is 2.87 bits per heavy atom. The van der Waals surface area contributed by atoms with Gasteiger partial charge < -0.3 is 0 Å². The topological polar surface area (TPSA) is 87.8 Å². The molecule has 0 radical (unpaired) electrons. The van der Waals surface area contributed by atoms with Crippen molar-refractivity contribution in [3.8, 4) is 6.07 Å². The minimum absolute atomic E-state index is 0.0223. The van der Waals surface area contributed by atoms with Gasteiger partial charge in [-0.15, -0.1) is 0 Å². The molecular formula is C8H12N4O2S. The van der Waals surface area contributed by atoms with Crippen LogP contribution in [0.4, 0.5) is 5.82 Å². The second-order valence-electron chi connectivity index (χ2n) is 3.10. The minimum Gasteiger partial charge on any atom is -0.272 e. The van der Waals surface area contributed by atoms with Crippen molar-refractivity contribution < 1.29 is 8.42 Å². The standard InChI is InChI=1S/C8H12N4O2S/c1-3-4-15(13,14)11-8-7(5-9)6-12(2)10-8/h6H,3-4H2,1-2H3,(H,10,11). The zero-order valence-electron chi connectivity index (χ0n) is 8.56. The zero-order chi connectivity index (χ0) is 11.5. The first-order valence-electron chi connectivity index (χ1n) is 4.42. The summed E-state index contributed by atoms with van der Waals surface area (Å²) in [6.45, 7) is 1.77. The third-order valence-corrected chi connectivity index (χ3v) is 3.12. The van der Waals surface area contributed by atoms with Crippen molar-refractivity contribution in [3.05, 3.63) is 11.8 Å². The van der Waals surface area contributed by atoms with E-state index in [4.69, 9.17) is 5.26 Å². The van der Waals surface area contributed by atoms with Gasteiger partial charge in [0.25, 0.3) is 0 Å². The largest absolute Gasteiger partial charge is 0.272 e. The number of hydrogen-bond acceptors (Lipinski definition) is 4. The molecule has 0 amide bonds. The van der Waals surface area contributed by atoms with E-state index in [1.807, 2.05) is 6.07 Å². The highest BCUT2D eigenvalue weighted by Crippen LogP contribution is 2.12. The number of sulfonamides is 1. The van der Waals surface area contributed by atoms with E-state index in [0.29, 0.717) is 6.42 Å². The van der Waals surface area contributed by atoms with Gasteiger partial charge in [-0.1, -0.05) is 6.92 Å². The fourth-order valence-corrected chi connectivity index (χ4v) is 2.20. The maximum Gasteiger partial charge on any atom is 0.233 e. The van der Waals surface area contributed by atoms with Crippen molar-refractivity contribution in [2.75, 3.05) is 10.5 Å². The van der Waals surface area contributed by atoms with Crippen LogP contribution in [0, 0.1) is 11.3 Å². The lowest BCUT2D eigenvalue weighted by molar-refractivity contribution is 0.599. The Morgan fingerprint density at radius 2 is 2.33 bits per heavy atom. The Kier molecular flexibility index (Phi) is 3.31. The second kappa shape index (κ2) is 4.31. The van der Waals surface area contributed by atoms with Crippen LogP contribution >= 0.6 is 0 Å². The van der Waals surface area contributed by atoms with Crippen LogP contribution in [-0.2, 0) is 17.1 Å². The SMILES string of the molecule is CCCS(=O)(=O)Nc1nn(C)cc1C#N. The second-order valence-corrected chi connectivity index (χ2v) is 4.94. The molecule has 0 saturated heterocycles. The summed E-state index contributed by atoms with van der Waals surface area (Å²) in [4.78, 5) is 0. The molecule has 0 aliphatic carbocycles. The average molecular weight is 228 g/mol. The molecule has 1 N–H and O–H groups in total. The third kappa shape index (κ3) is 2.95. The van der Waals surface area contributed by atoms with Crippen LogP contribution in [0.3, 0.4) is 0 Å². The third-order valence-electron chi connectivity index (χ3n) is 1.67. The molecule has 15 heavy (non-hydrogen) atoms. The molecule has 1 aromatic rings. The highest BCUT2D eigenvalue weighted by atomic mass is 32.2. The first-order chi connectivity index (χ1) is 6.98. The molecule has 0 aliphatic rings. The van der Waals surface area contributed by atoms with Gasteiger partial charge in [-0.05, 0) is 6.42 Å². The van der Waals surface area contributed by atoms with Gasteiger partial charge in [-0.2, -0.15) is 10.4 Å². The molecule has 0 fully saturated rings. The van der Waals surface area contributed by atoms with E-state index in [2.05, 4.69) is 9.82 Å². The van der Waals surface area contributed by atoms with Gasteiger partial charge >= 0.3 is 0 Å². The summed E-state index contributed by atoms with van der Waals surface area (Å²) in [5.41, 5.74) is 0.220. The predicted molar refractivity (Wildman–Crippen MR) is 55.6 cm³/mol. The summed E-state index contributed by atoms with van der Waals surface area (Å²) in [5, 5.41) is 12.6. The van der Waals surface area contributed by atoms with Gasteiger partial charge in [0.05, 0.1) is 5.75 Å². The van der Waals surface area contributed by atoms with Gasteiger partial charge in [0.15, 0.2) is 5.82 Å². The normalized spacial score (nSPS) is 11.0. The number of anilines is 1. The first-order valence-corrected chi connectivity index (χ1v) is 6.08. The molecule has 1 heterocycles. The molecule has 82 valence electrons. The molecule has 0 unspecified atom stereocenters. The van der Waals surface area contributed by atoms with Crippen molar-refractivity contribution in [2.45, 2.75) is 13.3 Å². The Bertz CT molecular complexity index is 483. The number of rotatable bonds is 4. The molecule has 0 saturated carbocycles. The molecular weight excluding hydrogens is 216 g/mol. The number of aromatic nitrogens is 2. The monoisotopic (exact) mass is 228 g/mol. The van der Waals surface area contributed by atoms with Crippen LogP contribution in [0.15, 0.2) is 6.20 Å². The molecule has 7 heteroatoms. The fourth-order valence-electron chi connectivity index (χ4n) is 1.11. The van der Waals surface area contributed by atoms with Crippen LogP contribution in [0.2, 0.25) is 0 Å². The Labute approximate surface area is 88.6 Å². The summed E-state index contributed by atoms with van der Waals surface area (Å²) >= 11 is 0. The van der Waals surface area contributed by atoms with Crippen LogP contribution < -0.4 is 4.72 Å². The van der Waals surface area contributed by atoms with Crippen LogP contribution in [0.25, 0.3) is 0 Å². The maximum absolute atomic E-state index is 11.4. The Balaban J connectivity index is 2.95. The van der Waals surface area contributed by atoms with Crippen molar-refractivity contribution in [2.24, 2.45) is 7.05 Å². The van der Waals surface area contributed by atoms with E-state index in [9.17, 15) is 8.42 Å². The summed E-state index contributed by atoms with van der Waals surface area (Å²) in [6.07, 6.45) is 1.98. The van der Waals surface area contributed by atoms with Crippen molar-refractivity contribution in [1.82, 2.24) is 9.78 Å². The molecule has 0 spiro atoms. The Hall–Kier alpha value is -1.55. The summed E-state index contributed by atoms with van der Waals surface area (Å²) in [7, 11) is -1.76. The predicted octanol–water partition coefficient (Wildman–Crippen LogP) is 0.443. The van der Waals surface area contributed by atoms with Crippen LogP contribution in [-0.4, -0.2) is 24.0 Å². The number of nitrogens with zero attached hydrogens (tertiary/aromatic N) is 3. The lowest BCUT2D eigenvalue weighted by atomic mass is 10.4. The lowest BCUT2D eigenvalue weighted by Gasteiger charge is -2.03. The molecule has 1 rings (SSSR count).